The fourth-order valence-electron chi connectivity index (χ4n) is 1.76. The van der Waals surface area contributed by atoms with Crippen molar-refractivity contribution < 1.29 is 4.79 Å². The van der Waals surface area contributed by atoms with Crippen molar-refractivity contribution in [3.8, 4) is 0 Å². The summed E-state index contributed by atoms with van der Waals surface area (Å²) in [5, 5.41) is 0. The highest BCUT2D eigenvalue weighted by Crippen LogP contribution is 2.25. The number of Topliss-reactive ketones (excluding diaryl/α,β-unsaturated/α-hetero) is 1. The zero-order chi connectivity index (χ0) is 8.97. The Labute approximate surface area is 74.9 Å². The lowest BCUT2D eigenvalue weighted by Crippen LogP contribution is -1.95. The number of unbranched alkanes of at least 4 members (excludes halogenated alkanes) is 1. The molecule has 0 saturated heterocycles. The lowest BCUT2D eigenvalue weighted by molar-refractivity contribution is -0.114. The maximum atomic E-state index is 11.3. The van der Waals surface area contributed by atoms with E-state index in [1.165, 1.54) is 18.4 Å². The van der Waals surface area contributed by atoms with Gasteiger partial charge in [0.25, 0.3) is 0 Å². The van der Waals surface area contributed by atoms with Gasteiger partial charge in [0.05, 0.1) is 0 Å². The van der Waals surface area contributed by atoms with Gasteiger partial charge in [0.15, 0.2) is 5.78 Å². The molecule has 0 spiro atoms. The first-order chi connectivity index (χ1) is 5.75. The molecule has 68 valence electrons. The maximum absolute atomic E-state index is 11.3. The molecule has 0 heterocycles. The molecular formula is C11H18O. The fourth-order valence-corrected chi connectivity index (χ4v) is 1.76. The van der Waals surface area contributed by atoms with Crippen molar-refractivity contribution in [2.45, 2.75) is 52.4 Å². The molecule has 0 bridgehead atoms. The van der Waals surface area contributed by atoms with Gasteiger partial charge in [-0.1, -0.05) is 18.9 Å². The first-order valence-electron chi connectivity index (χ1n) is 4.97. The summed E-state index contributed by atoms with van der Waals surface area (Å²) in [5.41, 5.74) is 2.49. The minimum absolute atomic E-state index is 0.406. The Balaban J connectivity index is 2.55. The predicted molar refractivity (Wildman–Crippen MR) is 51.1 cm³/mol. The van der Waals surface area contributed by atoms with E-state index in [1.54, 1.807) is 0 Å². The Morgan fingerprint density at radius 2 is 2.17 bits per heavy atom. The average Bonchev–Trinajstić information content (AvgIpc) is 2.47. The molecule has 1 fully saturated rings. The standard InChI is InChI=1S/C11H18O/c1-3-4-6-9(2)10-7-5-8-11(10)12/h3-8H2,1-2H3/b10-9+. The van der Waals surface area contributed by atoms with Crippen LogP contribution in [0.2, 0.25) is 0 Å². The van der Waals surface area contributed by atoms with Crippen molar-refractivity contribution in [3.05, 3.63) is 11.1 Å². The van der Waals surface area contributed by atoms with Crippen LogP contribution in [0.1, 0.15) is 52.4 Å². The molecule has 0 aromatic heterocycles. The second-order valence-corrected chi connectivity index (χ2v) is 3.64. The monoisotopic (exact) mass is 166 g/mol. The topological polar surface area (TPSA) is 17.1 Å². The minimum atomic E-state index is 0.406. The summed E-state index contributed by atoms with van der Waals surface area (Å²) in [5.74, 6) is 0.406. The second kappa shape index (κ2) is 4.44. The molecule has 1 nitrogen and oxygen atoms in total. The number of hydrogen-bond donors (Lipinski definition) is 0. The quantitative estimate of drug-likeness (QED) is 0.588. The van der Waals surface area contributed by atoms with E-state index in [9.17, 15) is 4.79 Å². The zero-order valence-corrected chi connectivity index (χ0v) is 8.15. The summed E-state index contributed by atoms with van der Waals surface area (Å²) in [6.07, 6.45) is 6.48. The molecule has 1 heteroatoms. The molecule has 12 heavy (non-hydrogen) atoms. The normalized spacial score (nSPS) is 21.7. The molecule has 1 rings (SSSR count). The van der Waals surface area contributed by atoms with Crippen molar-refractivity contribution in [1.82, 2.24) is 0 Å². The van der Waals surface area contributed by atoms with E-state index >= 15 is 0 Å². The van der Waals surface area contributed by atoms with E-state index in [0.29, 0.717) is 5.78 Å². The molecule has 1 aliphatic carbocycles. The van der Waals surface area contributed by atoms with Crippen molar-refractivity contribution >= 4 is 5.78 Å². The molecule has 0 N–H and O–H groups in total. The molecule has 0 aromatic rings. The van der Waals surface area contributed by atoms with Gasteiger partial charge in [-0.3, -0.25) is 4.79 Å². The summed E-state index contributed by atoms with van der Waals surface area (Å²) >= 11 is 0. The summed E-state index contributed by atoms with van der Waals surface area (Å²) in [6.45, 7) is 4.31. The zero-order valence-electron chi connectivity index (χ0n) is 8.15. The van der Waals surface area contributed by atoms with E-state index in [4.69, 9.17) is 0 Å². The van der Waals surface area contributed by atoms with Crippen LogP contribution in [0.25, 0.3) is 0 Å². The average molecular weight is 166 g/mol. The first kappa shape index (κ1) is 9.50. The van der Waals surface area contributed by atoms with Crippen LogP contribution in [0.5, 0.6) is 0 Å². The molecule has 1 saturated carbocycles. The first-order valence-corrected chi connectivity index (χ1v) is 4.97. The minimum Gasteiger partial charge on any atom is -0.295 e. The molecule has 0 aromatic carbocycles. The van der Waals surface area contributed by atoms with Crippen LogP contribution in [0.15, 0.2) is 11.1 Å². The van der Waals surface area contributed by atoms with Gasteiger partial charge in [-0.2, -0.15) is 0 Å². The SMILES string of the molecule is CCCC/C(C)=C1\CCCC1=O. The Morgan fingerprint density at radius 1 is 1.42 bits per heavy atom. The molecule has 1 aliphatic rings. The van der Waals surface area contributed by atoms with Crippen LogP contribution in [-0.2, 0) is 4.79 Å². The van der Waals surface area contributed by atoms with Gasteiger partial charge in [0.2, 0.25) is 0 Å². The van der Waals surface area contributed by atoms with Crippen LogP contribution >= 0.6 is 0 Å². The van der Waals surface area contributed by atoms with Gasteiger partial charge >= 0.3 is 0 Å². The molecule has 0 aliphatic heterocycles. The fraction of sp³-hybridized carbons (Fsp3) is 0.727. The van der Waals surface area contributed by atoms with Crippen molar-refractivity contribution in [1.29, 1.82) is 0 Å². The van der Waals surface area contributed by atoms with Gasteiger partial charge in [-0.15, -0.1) is 0 Å². The van der Waals surface area contributed by atoms with E-state index in [-0.39, 0.29) is 0 Å². The lowest BCUT2D eigenvalue weighted by Gasteiger charge is -2.03. The lowest BCUT2D eigenvalue weighted by atomic mass is 10.0. The summed E-state index contributed by atoms with van der Waals surface area (Å²) in [7, 11) is 0. The number of rotatable bonds is 3. The Bertz CT molecular complexity index is 201. The Morgan fingerprint density at radius 3 is 2.67 bits per heavy atom. The largest absolute Gasteiger partial charge is 0.295 e. The Kier molecular flexibility index (Phi) is 3.51. The molecule has 0 radical (unpaired) electrons. The molecular weight excluding hydrogens is 148 g/mol. The summed E-state index contributed by atoms with van der Waals surface area (Å²) < 4.78 is 0. The van der Waals surface area contributed by atoms with Gasteiger partial charge in [-0.25, -0.2) is 0 Å². The van der Waals surface area contributed by atoms with Gasteiger partial charge in [0, 0.05) is 6.42 Å². The van der Waals surface area contributed by atoms with E-state index in [2.05, 4.69) is 13.8 Å². The predicted octanol–water partition coefficient (Wildman–Crippen LogP) is 3.25. The highest BCUT2D eigenvalue weighted by Gasteiger charge is 2.18. The summed E-state index contributed by atoms with van der Waals surface area (Å²) in [6, 6.07) is 0. The number of ketones is 1. The number of carbonyl (C=O) groups is 1. The Hall–Kier alpha value is -0.590. The smallest absolute Gasteiger partial charge is 0.158 e. The van der Waals surface area contributed by atoms with Crippen molar-refractivity contribution in [3.63, 3.8) is 0 Å². The van der Waals surface area contributed by atoms with Crippen LogP contribution in [-0.4, -0.2) is 5.78 Å². The van der Waals surface area contributed by atoms with E-state index < -0.39 is 0 Å². The van der Waals surface area contributed by atoms with Crippen molar-refractivity contribution in [2.75, 3.05) is 0 Å². The molecule has 0 unspecified atom stereocenters. The molecule has 0 atom stereocenters. The van der Waals surface area contributed by atoms with Gasteiger partial charge in [0.1, 0.15) is 0 Å². The van der Waals surface area contributed by atoms with E-state index in [1.807, 2.05) is 0 Å². The van der Waals surface area contributed by atoms with Crippen LogP contribution in [0.4, 0.5) is 0 Å². The number of allylic oxidation sites excluding steroid dienone is 2. The van der Waals surface area contributed by atoms with Crippen molar-refractivity contribution in [2.24, 2.45) is 0 Å². The third-order valence-electron chi connectivity index (χ3n) is 2.59. The second-order valence-electron chi connectivity index (χ2n) is 3.64. The van der Waals surface area contributed by atoms with Gasteiger partial charge in [-0.05, 0) is 38.2 Å². The third kappa shape index (κ3) is 2.20. The molecule has 0 amide bonds. The van der Waals surface area contributed by atoms with Crippen LogP contribution < -0.4 is 0 Å². The number of hydrogen-bond acceptors (Lipinski definition) is 1. The van der Waals surface area contributed by atoms with Crippen LogP contribution in [0.3, 0.4) is 0 Å². The van der Waals surface area contributed by atoms with Gasteiger partial charge < -0.3 is 0 Å². The highest BCUT2D eigenvalue weighted by molar-refractivity contribution is 5.97. The highest BCUT2D eigenvalue weighted by atomic mass is 16.1. The number of carbonyl (C=O) groups excluding carboxylic acids is 1. The van der Waals surface area contributed by atoms with Crippen LogP contribution in [0, 0.1) is 0 Å². The maximum Gasteiger partial charge on any atom is 0.158 e. The van der Waals surface area contributed by atoms with E-state index in [0.717, 1.165) is 31.3 Å². The summed E-state index contributed by atoms with van der Waals surface area (Å²) in [4.78, 5) is 11.3. The third-order valence-corrected chi connectivity index (χ3v) is 2.59.